The van der Waals surface area contributed by atoms with Crippen molar-refractivity contribution in [1.82, 2.24) is 20.9 Å². The molecule has 0 aliphatic carbocycles. The third kappa shape index (κ3) is 8.12. The van der Waals surface area contributed by atoms with E-state index in [9.17, 15) is 34.2 Å². The molecule has 0 aliphatic rings. The van der Waals surface area contributed by atoms with Gasteiger partial charge in [0.1, 0.15) is 18.1 Å². The number of carbonyl (C=O) groups is 5. The van der Waals surface area contributed by atoms with Crippen LogP contribution in [-0.2, 0) is 36.8 Å². The van der Waals surface area contributed by atoms with E-state index in [1.807, 2.05) is 54.6 Å². The fourth-order valence-corrected chi connectivity index (χ4v) is 4.11. The van der Waals surface area contributed by atoms with E-state index in [0.717, 1.165) is 16.5 Å². The van der Waals surface area contributed by atoms with E-state index in [-0.39, 0.29) is 12.8 Å². The maximum absolute atomic E-state index is 13.3. The number of hydrogen-bond donors (Lipinski definition) is 8. The fraction of sp³-hybridized carbons (Fsp3) is 0.296. The van der Waals surface area contributed by atoms with Crippen LogP contribution in [0.4, 0.5) is 0 Å². The number of carbonyl (C=O) groups excluding carboxylic acids is 4. The summed E-state index contributed by atoms with van der Waals surface area (Å²) in [6.45, 7) is -0.887. The molecule has 4 amide bonds. The van der Waals surface area contributed by atoms with Crippen molar-refractivity contribution < 1.29 is 34.2 Å². The number of aliphatic carboxylic acids is 1. The Balaban J connectivity index is 1.78. The number of carboxylic acids is 1. The van der Waals surface area contributed by atoms with E-state index < -0.39 is 66.8 Å². The second-order valence-electron chi connectivity index (χ2n) is 9.23. The number of fused-ring (bicyclic) bond motifs is 1. The van der Waals surface area contributed by atoms with Crippen molar-refractivity contribution in [1.29, 1.82) is 0 Å². The highest BCUT2D eigenvalue weighted by Gasteiger charge is 2.31. The van der Waals surface area contributed by atoms with Gasteiger partial charge in [-0.05, 0) is 23.6 Å². The van der Waals surface area contributed by atoms with Crippen LogP contribution in [0.3, 0.4) is 0 Å². The Hall–Kier alpha value is -4.75. The van der Waals surface area contributed by atoms with Crippen LogP contribution in [0.25, 0.3) is 10.9 Å². The summed E-state index contributed by atoms with van der Waals surface area (Å²) in [6.07, 6.45) is 1.23. The molecule has 0 fully saturated rings. The number of aliphatic hydroxyl groups is 1. The first-order valence-corrected chi connectivity index (χ1v) is 12.5. The van der Waals surface area contributed by atoms with Crippen molar-refractivity contribution in [2.24, 2.45) is 11.5 Å². The summed E-state index contributed by atoms with van der Waals surface area (Å²) in [4.78, 5) is 64.6. The Morgan fingerprint density at radius 2 is 1.40 bits per heavy atom. The third-order valence-corrected chi connectivity index (χ3v) is 6.20. The van der Waals surface area contributed by atoms with Gasteiger partial charge < -0.3 is 42.6 Å². The van der Waals surface area contributed by atoms with E-state index in [1.54, 1.807) is 6.20 Å². The monoisotopic (exact) mass is 552 g/mol. The molecule has 3 rings (SSSR count). The van der Waals surface area contributed by atoms with Gasteiger partial charge in [-0.15, -0.1) is 0 Å². The highest BCUT2D eigenvalue weighted by atomic mass is 16.4. The van der Waals surface area contributed by atoms with Crippen LogP contribution in [0, 0.1) is 0 Å². The largest absolute Gasteiger partial charge is 0.480 e. The zero-order valence-electron chi connectivity index (χ0n) is 21.5. The Bertz CT molecular complexity index is 1360. The summed E-state index contributed by atoms with van der Waals surface area (Å²) in [5, 5.41) is 26.9. The molecule has 0 saturated carbocycles. The molecule has 13 heteroatoms. The number of nitrogens with one attached hydrogen (secondary N) is 4. The highest BCUT2D eigenvalue weighted by Crippen LogP contribution is 2.19. The van der Waals surface area contributed by atoms with E-state index in [2.05, 4.69) is 20.9 Å². The molecular weight excluding hydrogens is 520 g/mol. The molecule has 0 aliphatic heterocycles. The predicted molar refractivity (Wildman–Crippen MR) is 144 cm³/mol. The van der Waals surface area contributed by atoms with E-state index in [0.29, 0.717) is 5.56 Å². The molecule has 2 aromatic carbocycles. The Morgan fingerprint density at radius 3 is 2.05 bits per heavy atom. The molecule has 0 saturated heterocycles. The molecule has 13 nitrogen and oxygen atoms in total. The number of amides is 4. The van der Waals surface area contributed by atoms with Crippen LogP contribution in [0.2, 0.25) is 0 Å². The third-order valence-electron chi connectivity index (χ3n) is 6.20. The second kappa shape index (κ2) is 13.9. The van der Waals surface area contributed by atoms with Crippen molar-refractivity contribution in [2.45, 2.75) is 43.4 Å². The topological polar surface area (TPSA) is 230 Å². The van der Waals surface area contributed by atoms with Gasteiger partial charge in [0.05, 0.1) is 19.1 Å². The summed E-state index contributed by atoms with van der Waals surface area (Å²) < 4.78 is 0. The number of benzene rings is 2. The minimum Gasteiger partial charge on any atom is -0.480 e. The number of H-pyrrole nitrogens is 1. The van der Waals surface area contributed by atoms with Crippen LogP contribution < -0.4 is 27.4 Å². The first-order valence-electron chi connectivity index (χ1n) is 12.5. The first-order chi connectivity index (χ1) is 19.1. The summed E-state index contributed by atoms with van der Waals surface area (Å²) in [6, 6.07) is 11.0. The number of primary amides is 1. The summed E-state index contributed by atoms with van der Waals surface area (Å²) in [5.41, 5.74) is 13.5. The standard InChI is InChI=1S/C27H32N6O7/c28-18(10-15-6-2-1-3-7-15)24(36)31-20(11-16-13-30-19-9-5-4-8-17(16)19)25(37)33-22(14-34)26(38)32-21(27(39)40)12-23(29)35/h1-9,13,18,20-22,30,34H,10-12,14,28H2,(H2,29,35)(H,31,36)(H,32,38)(H,33,37)(H,39,40). The quantitative estimate of drug-likeness (QED) is 0.119. The zero-order chi connectivity index (χ0) is 29.2. The molecule has 1 heterocycles. The molecule has 1 aromatic heterocycles. The van der Waals surface area contributed by atoms with Crippen LogP contribution in [-0.4, -0.2) is 75.6 Å². The van der Waals surface area contributed by atoms with Gasteiger partial charge >= 0.3 is 5.97 Å². The van der Waals surface area contributed by atoms with E-state index >= 15 is 0 Å². The molecule has 3 aromatic rings. The Morgan fingerprint density at radius 1 is 0.800 bits per heavy atom. The summed E-state index contributed by atoms with van der Waals surface area (Å²) in [5.74, 6) is -4.97. The predicted octanol–water partition coefficient (Wildman–Crippen LogP) is -1.31. The lowest BCUT2D eigenvalue weighted by Crippen LogP contribution is -2.58. The molecule has 40 heavy (non-hydrogen) atoms. The average Bonchev–Trinajstić information content (AvgIpc) is 3.33. The van der Waals surface area contributed by atoms with Crippen molar-refractivity contribution in [2.75, 3.05) is 6.61 Å². The number of aliphatic hydroxyl groups excluding tert-OH is 1. The summed E-state index contributed by atoms with van der Waals surface area (Å²) in [7, 11) is 0. The number of aromatic amines is 1. The molecular formula is C27H32N6O7. The molecule has 4 atom stereocenters. The first kappa shape index (κ1) is 29.8. The van der Waals surface area contributed by atoms with Crippen LogP contribution >= 0.6 is 0 Å². The van der Waals surface area contributed by atoms with Gasteiger partial charge in [0, 0.05) is 23.5 Å². The molecule has 212 valence electrons. The lowest BCUT2D eigenvalue weighted by Gasteiger charge is -2.24. The average molecular weight is 553 g/mol. The minimum atomic E-state index is -1.66. The van der Waals surface area contributed by atoms with Gasteiger partial charge in [-0.1, -0.05) is 48.5 Å². The van der Waals surface area contributed by atoms with Crippen molar-refractivity contribution in [3.05, 3.63) is 71.9 Å². The van der Waals surface area contributed by atoms with Crippen LogP contribution in [0.1, 0.15) is 17.5 Å². The lowest BCUT2D eigenvalue weighted by molar-refractivity contribution is -0.144. The Kier molecular flexibility index (Phi) is 10.3. The van der Waals surface area contributed by atoms with Crippen LogP contribution in [0.5, 0.6) is 0 Å². The number of rotatable bonds is 14. The minimum absolute atomic E-state index is 0.0127. The van der Waals surface area contributed by atoms with Gasteiger partial charge in [-0.25, -0.2) is 4.79 Å². The number of para-hydroxylation sites is 1. The van der Waals surface area contributed by atoms with Gasteiger partial charge in [0.2, 0.25) is 23.6 Å². The molecule has 0 bridgehead atoms. The molecule has 0 spiro atoms. The second-order valence-corrected chi connectivity index (χ2v) is 9.23. The number of aromatic nitrogens is 1. The Labute approximate surface area is 229 Å². The molecule has 10 N–H and O–H groups in total. The van der Waals surface area contributed by atoms with Crippen molar-refractivity contribution in [3.8, 4) is 0 Å². The smallest absolute Gasteiger partial charge is 0.326 e. The summed E-state index contributed by atoms with van der Waals surface area (Å²) >= 11 is 0. The fourth-order valence-electron chi connectivity index (χ4n) is 4.11. The SMILES string of the molecule is NC(=O)CC(NC(=O)C(CO)NC(=O)C(Cc1c[nH]c2ccccc12)NC(=O)C(N)Cc1ccccc1)C(=O)O. The van der Waals surface area contributed by atoms with E-state index in [4.69, 9.17) is 11.5 Å². The van der Waals surface area contributed by atoms with Crippen LogP contribution in [0.15, 0.2) is 60.8 Å². The van der Waals surface area contributed by atoms with E-state index in [1.165, 1.54) is 0 Å². The van der Waals surface area contributed by atoms with Crippen molar-refractivity contribution in [3.63, 3.8) is 0 Å². The number of hydrogen-bond acceptors (Lipinski definition) is 7. The molecule has 0 radical (unpaired) electrons. The number of nitrogens with two attached hydrogens (primary N) is 2. The van der Waals surface area contributed by atoms with Gasteiger partial charge in [-0.2, -0.15) is 0 Å². The van der Waals surface area contributed by atoms with Gasteiger partial charge in [0.15, 0.2) is 0 Å². The lowest BCUT2D eigenvalue weighted by atomic mass is 10.0. The van der Waals surface area contributed by atoms with Gasteiger partial charge in [0.25, 0.3) is 0 Å². The maximum Gasteiger partial charge on any atom is 0.326 e. The zero-order valence-corrected chi connectivity index (χ0v) is 21.5. The number of carboxylic acid groups (broad SMARTS) is 1. The van der Waals surface area contributed by atoms with Crippen molar-refractivity contribution >= 4 is 40.5 Å². The maximum atomic E-state index is 13.3. The molecule has 4 unspecified atom stereocenters. The van der Waals surface area contributed by atoms with Gasteiger partial charge in [-0.3, -0.25) is 19.2 Å². The normalized spacial score (nSPS) is 13.9. The highest BCUT2D eigenvalue weighted by molar-refractivity contribution is 5.95.